The fourth-order valence-corrected chi connectivity index (χ4v) is 2.36. The summed E-state index contributed by atoms with van der Waals surface area (Å²) >= 11 is 6.16. The van der Waals surface area contributed by atoms with E-state index in [9.17, 15) is 0 Å². The van der Waals surface area contributed by atoms with Crippen LogP contribution in [0.3, 0.4) is 0 Å². The molecule has 1 N–H and O–H groups in total. The van der Waals surface area contributed by atoms with Gasteiger partial charge < -0.3 is 5.32 Å². The van der Waals surface area contributed by atoms with E-state index in [1.54, 1.807) is 0 Å². The van der Waals surface area contributed by atoms with Gasteiger partial charge in [-0.2, -0.15) is 0 Å². The summed E-state index contributed by atoms with van der Waals surface area (Å²) in [5.41, 5.74) is 1.24. The van der Waals surface area contributed by atoms with Gasteiger partial charge in [0.15, 0.2) is 0 Å². The van der Waals surface area contributed by atoms with Crippen LogP contribution in [0, 0.1) is 0 Å². The van der Waals surface area contributed by atoms with E-state index in [1.165, 1.54) is 37.7 Å². The van der Waals surface area contributed by atoms with Crippen LogP contribution in [0.1, 0.15) is 51.5 Å². The minimum absolute atomic E-state index is 0.496. The van der Waals surface area contributed by atoms with E-state index < -0.39 is 0 Å². The molecule has 18 heavy (non-hydrogen) atoms. The molecule has 1 atom stereocenters. The number of hydrogen-bond acceptors (Lipinski definition) is 1. The lowest BCUT2D eigenvalue weighted by Gasteiger charge is -2.14. The number of hydrogen-bond donors (Lipinski definition) is 1. The van der Waals surface area contributed by atoms with Gasteiger partial charge in [-0.25, -0.2) is 0 Å². The third-order valence-corrected chi connectivity index (χ3v) is 3.63. The first-order chi connectivity index (χ1) is 8.74. The quantitative estimate of drug-likeness (QED) is 0.632. The Hall–Kier alpha value is -0.530. The summed E-state index contributed by atoms with van der Waals surface area (Å²) in [5.74, 6) is 0. The minimum atomic E-state index is 0.496. The fourth-order valence-electron chi connectivity index (χ4n) is 2.14. The molecule has 0 amide bonds. The number of benzene rings is 1. The van der Waals surface area contributed by atoms with E-state index in [0.29, 0.717) is 6.04 Å². The predicted molar refractivity (Wildman–Crippen MR) is 81.4 cm³/mol. The minimum Gasteiger partial charge on any atom is -0.314 e. The standard InChI is InChI=1S/C16H26ClN/c1-3-4-5-6-9-12-18-14(2)13-15-10-7-8-11-16(15)17/h7-8,10-11,14,18H,3-6,9,12-13H2,1-2H3. The normalized spacial score (nSPS) is 12.6. The van der Waals surface area contributed by atoms with Crippen molar-refractivity contribution in [1.82, 2.24) is 5.32 Å². The molecule has 1 unspecified atom stereocenters. The van der Waals surface area contributed by atoms with Crippen molar-refractivity contribution in [3.05, 3.63) is 34.9 Å². The first kappa shape index (κ1) is 15.5. The third-order valence-electron chi connectivity index (χ3n) is 3.26. The molecule has 0 bridgehead atoms. The molecule has 0 aromatic heterocycles. The first-order valence-corrected chi connectivity index (χ1v) is 7.58. The van der Waals surface area contributed by atoms with Gasteiger partial charge in [0.1, 0.15) is 0 Å². The van der Waals surface area contributed by atoms with Crippen molar-refractivity contribution in [3.63, 3.8) is 0 Å². The van der Waals surface area contributed by atoms with Gasteiger partial charge in [0.2, 0.25) is 0 Å². The van der Waals surface area contributed by atoms with Crippen LogP contribution in [-0.2, 0) is 6.42 Å². The van der Waals surface area contributed by atoms with Crippen LogP contribution in [-0.4, -0.2) is 12.6 Å². The molecule has 0 radical (unpaired) electrons. The summed E-state index contributed by atoms with van der Waals surface area (Å²) in [6.07, 6.45) is 7.70. The third kappa shape index (κ3) is 6.42. The second kappa shape index (κ2) is 9.41. The highest BCUT2D eigenvalue weighted by Crippen LogP contribution is 2.16. The predicted octanol–water partition coefficient (Wildman–Crippen LogP) is 4.83. The Labute approximate surface area is 117 Å². The zero-order valence-corrected chi connectivity index (χ0v) is 12.5. The maximum absolute atomic E-state index is 6.16. The Bertz CT molecular complexity index is 325. The molecule has 1 rings (SSSR count). The molecule has 2 heteroatoms. The van der Waals surface area contributed by atoms with Gasteiger partial charge in [0, 0.05) is 11.1 Å². The van der Waals surface area contributed by atoms with Crippen molar-refractivity contribution in [3.8, 4) is 0 Å². The summed E-state index contributed by atoms with van der Waals surface area (Å²) in [4.78, 5) is 0. The van der Waals surface area contributed by atoms with Crippen molar-refractivity contribution in [1.29, 1.82) is 0 Å². The van der Waals surface area contributed by atoms with Crippen molar-refractivity contribution < 1.29 is 0 Å². The molecule has 1 aromatic carbocycles. The summed E-state index contributed by atoms with van der Waals surface area (Å²) in [7, 11) is 0. The molecule has 0 spiro atoms. The van der Waals surface area contributed by atoms with Crippen molar-refractivity contribution in [2.45, 2.75) is 58.4 Å². The maximum atomic E-state index is 6.16. The second-order valence-corrected chi connectivity index (χ2v) is 5.47. The van der Waals surface area contributed by atoms with E-state index in [2.05, 4.69) is 31.3 Å². The molecule has 102 valence electrons. The highest BCUT2D eigenvalue weighted by Gasteiger charge is 2.05. The van der Waals surface area contributed by atoms with Gasteiger partial charge >= 0.3 is 0 Å². The van der Waals surface area contributed by atoms with Crippen LogP contribution in [0.4, 0.5) is 0 Å². The Morgan fingerprint density at radius 2 is 1.83 bits per heavy atom. The Morgan fingerprint density at radius 3 is 2.56 bits per heavy atom. The zero-order chi connectivity index (χ0) is 13.2. The number of rotatable bonds is 9. The Kier molecular flexibility index (Phi) is 8.11. The van der Waals surface area contributed by atoms with E-state index in [4.69, 9.17) is 11.6 Å². The lowest BCUT2D eigenvalue weighted by Crippen LogP contribution is -2.29. The Balaban J connectivity index is 2.14. The van der Waals surface area contributed by atoms with Crippen molar-refractivity contribution in [2.75, 3.05) is 6.54 Å². The van der Waals surface area contributed by atoms with Gasteiger partial charge in [-0.05, 0) is 37.9 Å². The molecule has 1 nitrogen and oxygen atoms in total. The fraction of sp³-hybridized carbons (Fsp3) is 0.625. The number of halogens is 1. The molecule has 1 aromatic rings. The average Bonchev–Trinajstić information content (AvgIpc) is 2.36. The summed E-state index contributed by atoms with van der Waals surface area (Å²) in [6.45, 7) is 5.61. The topological polar surface area (TPSA) is 12.0 Å². The van der Waals surface area contributed by atoms with Crippen LogP contribution < -0.4 is 5.32 Å². The van der Waals surface area contributed by atoms with E-state index in [0.717, 1.165) is 18.0 Å². The first-order valence-electron chi connectivity index (χ1n) is 7.20. The maximum Gasteiger partial charge on any atom is 0.0438 e. The van der Waals surface area contributed by atoms with E-state index in [-0.39, 0.29) is 0 Å². The summed E-state index contributed by atoms with van der Waals surface area (Å²) in [6, 6.07) is 8.61. The molecule has 0 saturated heterocycles. The summed E-state index contributed by atoms with van der Waals surface area (Å²) < 4.78 is 0. The number of unbranched alkanes of at least 4 members (excludes halogenated alkanes) is 4. The van der Waals surface area contributed by atoms with Crippen molar-refractivity contribution >= 4 is 11.6 Å². The molecule has 0 fully saturated rings. The van der Waals surface area contributed by atoms with Crippen molar-refractivity contribution in [2.24, 2.45) is 0 Å². The molecular weight excluding hydrogens is 242 g/mol. The lowest BCUT2D eigenvalue weighted by atomic mass is 10.1. The zero-order valence-electron chi connectivity index (χ0n) is 11.7. The van der Waals surface area contributed by atoms with Gasteiger partial charge in [-0.1, -0.05) is 62.4 Å². The van der Waals surface area contributed by atoms with E-state index in [1.807, 2.05) is 12.1 Å². The monoisotopic (exact) mass is 267 g/mol. The summed E-state index contributed by atoms with van der Waals surface area (Å²) in [5, 5.41) is 4.46. The highest BCUT2D eigenvalue weighted by molar-refractivity contribution is 6.31. The van der Waals surface area contributed by atoms with Gasteiger partial charge in [0.25, 0.3) is 0 Å². The second-order valence-electron chi connectivity index (χ2n) is 5.06. The van der Waals surface area contributed by atoms with E-state index >= 15 is 0 Å². The number of nitrogens with one attached hydrogen (secondary N) is 1. The molecule has 0 aliphatic heterocycles. The largest absolute Gasteiger partial charge is 0.314 e. The van der Waals surface area contributed by atoms with Gasteiger partial charge in [-0.3, -0.25) is 0 Å². The van der Waals surface area contributed by atoms with Crippen LogP contribution in [0.5, 0.6) is 0 Å². The molecule has 0 aliphatic rings. The molecular formula is C16H26ClN. The van der Waals surface area contributed by atoms with Crippen LogP contribution in [0.15, 0.2) is 24.3 Å². The average molecular weight is 268 g/mol. The lowest BCUT2D eigenvalue weighted by molar-refractivity contribution is 0.514. The molecule has 0 aliphatic carbocycles. The van der Waals surface area contributed by atoms with Crippen LogP contribution in [0.2, 0.25) is 5.02 Å². The van der Waals surface area contributed by atoms with Crippen LogP contribution in [0.25, 0.3) is 0 Å². The smallest absolute Gasteiger partial charge is 0.0438 e. The molecule has 0 heterocycles. The Morgan fingerprint density at radius 1 is 1.11 bits per heavy atom. The van der Waals surface area contributed by atoms with Gasteiger partial charge in [-0.15, -0.1) is 0 Å². The van der Waals surface area contributed by atoms with Gasteiger partial charge in [0.05, 0.1) is 0 Å². The molecule has 0 saturated carbocycles. The SMILES string of the molecule is CCCCCCCNC(C)Cc1ccccc1Cl. The highest BCUT2D eigenvalue weighted by atomic mass is 35.5. The van der Waals surface area contributed by atoms with Crippen LogP contribution >= 0.6 is 11.6 Å².